The second kappa shape index (κ2) is 15.4. The van der Waals surface area contributed by atoms with Crippen molar-refractivity contribution in [1.82, 2.24) is 9.97 Å². The number of hydrogen-bond acceptors (Lipinski definition) is 7. The molecule has 0 fully saturated rings. The van der Waals surface area contributed by atoms with Gasteiger partial charge in [-0.1, -0.05) is 23.2 Å². The number of benzene rings is 2. The smallest absolute Gasteiger partial charge is 0.337 e. The molecule has 4 aromatic rings. The highest BCUT2D eigenvalue weighted by atomic mass is 79.9. The molecule has 4 rings (SSSR count). The molecule has 2 aromatic carbocycles. The number of carbonyl (C=O) groups excluding carboxylic acids is 1. The molecule has 2 aromatic heterocycles. The fourth-order valence-electron chi connectivity index (χ4n) is 2.62. The van der Waals surface area contributed by atoms with Crippen molar-refractivity contribution in [3.05, 3.63) is 115 Å². The van der Waals surface area contributed by atoms with E-state index in [1.807, 2.05) is 12.1 Å². The summed E-state index contributed by atoms with van der Waals surface area (Å²) >= 11 is 17.9. The Hall–Kier alpha value is -4.00. The lowest BCUT2D eigenvalue weighted by Gasteiger charge is -2.07. The van der Waals surface area contributed by atoms with E-state index in [1.165, 1.54) is 30.3 Å². The topological polar surface area (TPSA) is 166 Å². The van der Waals surface area contributed by atoms with Gasteiger partial charge in [-0.3, -0.25) is 4.79 Å². The van der Waals surface area contributed by atoms with Crippen molar-refractivity contribution >= 4 is 78.3 Å². The normalized spacial score (nSPS) is 9.38. The standard InChI is InChI=1S/C13H7BrClN3O.C8H4ClNO2.C5H5BrN2/c14-12-6-9(3-4-17-12)18-13(19)10-5-8(7-16)1-2-11(10)15;9-7-2-1-5(4-10)3-6(7)8(11)12;6-5-3-4(7)1-2-8-5/h1-6H,(H,17,18,19);1-3H,(H,11,12);1-3H,(H2,7,8). The number of nitrogens with two attached hydrogens (primary N) is 1. The van der Waals surface area contributed by atoms with E-state index >= 15 is 0 Å². The van der Waals surface area contributed by atoms with Crippen molar-refractivity contribution in [3.63, 3.8) is 0 Å². The number of carbonyl (C=O) groups is 2. The summed E-state index contributed by atoms with van der Waals surface area (Å²) in [5.74, 6) is -1.50. The number of amides is 1. The largest absolute Gasteiger partial charge is 0.478 e. The molecule has 9 nitrogen and oxygen atoms in total. The SMILES string of the molecule is N#Cc1ccc(Cl)c(C(=O)Nc2ccnc(Br)c2)c1.N#Cc1ccc(Cl)c(C(=O)O)c1.Nc1ccnc(Br)c1. The Kier molecular flexibility index (Phi) is 12.3. The van der Waals surface area contributed by atoms with Crippen molar-refractivity contribution in [1.29, 1.82) is 10.5 Å². The van der Waals surface area contributed by atoms with Gasteiger partial charge in [0.2, 0.25) is 0 Å². The number of pyridine rings is 2. The molecule has 4 N–H and O–H groups in total. The number of rotatable bonds is 3. The zero-order valence-electron chi connectivity index (χ0n) is 19.6. The maximum absolute atomic E-state index is 12.1. The number of aromatic nitrogens is 2. The van der Waals surface area contributed by atoms with E-state index in [9.17, 15) is 9.59 Å². The minimum Gasteiger partial charge on any atom is -0.478 e. The Morgan fingerprint density at radius 3 is 1.79 bits per heavy atom. The molecule has 1 amide bonds. The third-order valence-corrected chi connectivity index (χ3v) is 5.93. The predicted octanol–water partition coefficient (Wildman–Crippen LogP) is 6.96. The number of nitrogens with one attached hydrogen (secondary N) is 1. The van der Waals surface area contributed by atoms with Crippen LogP contribution < -0.4 is 11.1 Å². The second-order valence-corrected chi connectivity index (χ2v) is 9.59. The molecule has 0 saturated heterocycles. The summed E-state index contributed by atoms with van der Waals surface area (Å²) in [7, 11) is 0. The summed E-state index contributed by atoms with van der Waals surface area (Å²) in [6, 6.07) is 19.2. The average Bonchev–Trinajstić information content (AvgIpc) is 2.89. The lowest BCUT2D eigenvalue weighted by Crippen LogP contribution is -2.12. The molecule has 0 bridgehead atoms. The van der Waals surface area contributed by atoms with Gasteiger partial charge in [0, 0.05) is 23.8 Å². The van der Waals surface area contributed by atoms with Gasteiger partial charge in [0.25, 0.3) is 5.91 Å². The summed E-state index contributed by atoms with van der Waals surface area (Å²) in [5, 5.41) is 29.0. The minimum atomic E-state index is -1.13. The molecule has 39 heavy (non-hydrogen) atoms. The van der Waals surface area contributed by atoms with Gasteiger partial charge < -0.3 is 16.2 Å². The maximum Gasteiger partial charge on any atom is 0.337 e. The van der Waals surface area contributed by atoms with Gasteiger partial charge in [-0.05, 0) is 92.5 Å². The van der Waals surface area contributed by atoms with Crippen LogP contribution in [-0.2, 0) is 0 Å². The molecule has 0 aliphatic rings. The number of nitrogen functional groups attached to an aromatic ring is 1. The summed E-state index contributed by atoms with van der Waals surface area (Å²) in [6.45, 7) is 0. The number of nitrogens with zero attached hydrogens (tertiary/aromatic N) is 4. The predicted molar refractivity (Wildman–Crippen MR) is 156 cm³/mol. The first-order valence-corrected chi connectivity index (χ1v) is 12.8. The lowest BCUT2D eigenvalue weighted by molar-refractivity contribution is 0.0696. The quantitative estimate of drug-likeness (QED) is 0.194. The number of aromatic carboxylic acids is 1. The van der Waals surface area contributed by atoms with Crippen molar-refractivity contribution in [2.45, 2.75) is 0 Å². The average molecular weight is 691 g/mol. The van der Waals surface area contributed by atoms with Gasteiger partial charge in [-0.25, -0.2) is 14.8 Å². The number of carboxylic acids is 1. The fraction of sp³-hybridized carbons (Fsp3) is 0. The van der Waals surface area contributed by atoms with Gasteiger partial charge in [-0.2, -0.15) is 10.5 Å². The molecule has 2 heterocycles. The molecule has 0 aliphatic heterocycles. The van der Waals surface area contributed by atoms with Crippen LogP contribution in [0.1, 0.15) is 31.8 Å². The van der Waals surface area contributed by atoms with E-state index in [-0.39, 0.29) is 27.6 Å². The zero-order chi connectivity index (χ0) is 28.9. The molecule has 0 saturated carbocycles. The Bertz CT molecular complexity index is 1570. The van der Waals surface area contributed by atoms with Crippen LogP contribution in [0.4, 0.5) is 11.4 Å². The van der Waals surface area contributed by atoms with Crippen molar-refractivity contribution in [3.8, 4) is 12.1 Å². The van der Waals surface area contributed by atoms with Crippen LogP contribution in [0, 0.1) is 22.7 Å². The number of carboxylic acid groups (broad SMARTS) is 1. The van der Waals surface area contributed by atoms with E-state index in [1.54, 1.807) is 42.7 Å². The third-order valence-electron chi connectivity index (χ3n) is 4.40. The molecular formula is C26H16Br2Cl2N6O3. The minimum absolute atomic E-state index is 0.0456. The lowest BCUT2D eigenvalue weighted by atomic mass is 10.1. The summed E-state index contributed by atoms with van der Waals surface area (Å²) in [5.41, 5.74) is 7.59. The summed E-state index contributed by atoms with van der Waals surface area (Å²) < 4.78 is 1.39. The third kappa shape index (κ3) is 10.3. The molecule has 0 unspecified atom stereocenters. The van der Waals surface area contributed by atoms with Crippen LogP contribution in [-0.4, -0.2) is 27.0 Å². The van der Waals surface area contributed by atoms with Crippen LogP contribution in [0.25, 0.3) is 0 Å². The Labute approximate surface area is 250 Å². The highest BCUT2D eigenvalue weighted by Crippen LogP contribution is 2.20. The Morgan fingerprint density at radius 2 is 1.33 bits per heavy atom. The monoisotopic (exact) mass is 688 g/mol. The Balaban J connectivity index is 0.000000227. The van der Waals surface area contributed by atoms with Crippen molar-refractivity contribution in [2.24, 2.45) is 0 Å². The van der Waals surface area contributed by atoms with E-state index in [0.29, 0.717) is 20.9 Å². The summed E-state index contributed by atoms with van der Waals surface area (Å²) in [4.78, 5) is 30.4. The fourth-order valence-corrected chi connectivity index (χ4v) is 3.77. The highest BCUT2D eigenvalue weighted by Gasteiger charge is 2.12. The van der Waals surface area contributed by atoms with E-state index < -0.39 is 5.97 Å². The van der Waals surface area contributed by atoms with Crippen LogP contribution in [0.15, 0.2) is 82.3 Å². The van der Waals surface area contributed by atoms with E-state index in [4.69, 9.17) is 44.6 Å². The molecule has 0 atom stereocenters. The molecule has 0 radical (unpaired) electrons. The van der Waals surface area contributed by atoms with Crippen LogP contribution in [0.5, 0.6) is 0 Å². The van der Waals surface area contributed by atoms with Crippen molar-refractivity contribution < 1.29 is 14.7 Å². The van der Waals surface area contributed by atoms with E-state index in [2.05, 4.69) is 47.1 Å². The van der Waals surface area contributed by atoms with Gasteiger partial charge in [0.05, 0.1) is 44.4 Å². The number of anilines is 2. The van der Waals surface area contributed by atoms with Crippen LogP contribution in [0.2, 0.25) is 10.0 Å². The number of nitriles is 2. The Morgan fingerprint density at radius 1 is 0.821 bits per heavy atom. The highest BCUT2D eigenvalue weighted by molar-refractivity contribution is 9.10. The maximum atomic E-state index is 12.1. The molecule has 0 aliphatic carbocycles. The molecule has 13 heteroatoms. The van der Waals surface area contributed by atoms with Crippen molar-refractivity contribution in [2.75, 3.05) is 11.1 Å². The summed E-state index contributed by atoms with van der Waals surface area (Å²) in [6.07, 6.45) is 3.21. The first-order valence-electron chi connectivity index (χ1n) is 10.5. The zero-order valence-corrected chi connectivity index (χ0v) is 24.3. The van der Waals surface area contributed by atoms with Gasteiger partial charge in [0.15, 0.2) is 0 Å². The second-order valence-electron chi connectivity index (χ2n) is 7.15. The van der Waals surface area contributed by atoms with Crippen LogP contribution >= 0.6 is 55.1 Å². The van der Waals surface area contributed by atoms with Gasteiger partial charge >= 0.3 is 5.97 Å². The van der Waals surface area contributed by atoms with Crippen LogP contribution in [0.3, 0.4) is 0 Å². The van der Waals surface area contributed by atoms with E-state index in [0.717, 1.165) is 10.3 Å². The van der Waals surface area contributed by atoms with Gasteiger partial charge in [-0.15, -0.1) is 0 Å². The first-order chi connectivity index (χ1) is 18.5. The number of halogens is 4. The number of hydrogen-bond donors (Lipinski definition) is 3. The molecule has 0 spiro atoms. The first kappa shape index (κ1) is 31.2. The molecule has 196 valence electrons. The van der Waals surface area contributed by atoms with Gasteiger partial charge in [0.1, 0.15) is 9.21 Å². The molecular weight excluding hydrogens is 675 g/mol.